The molecule has 4 atom stereocenters. The maximum Gasteiger partial charge on any atom is 0.255 e. The normalized spacial score (nSPS) is 25.4. The topological polar surface area (TPSA) is 180 Å². The van der Waals surface area contributed by atoms with Crippen LogP contribution in [0.3, 0.4) is 0 Å². The number of rotatable bonds is 6. The van der Waals surface area contributed by atoms with Crippen molar-refractivity contribution in [2.45, 2.75) is 24.5 Å². The molecule has 0 heterocycles. The maximum atomic E-state index is 13.9. The number of amides is 1. The number of methoxy groups -OCH3 is 2. The highest BCUT2D eigenvalue weighted by Crippen LogP contribution is 2.52. The number of hydrogen-bond acceptors (Lipinski definition) is 10. The summed E-state index contributed by atoms with van der Waals surface area (Å²) in [6, 6.07) is 7.37. The number of hydrogen-bond donors (Lipinski definition) is 5. The molecule has 0 fully saturated rings. The zero-order chi connectivity index (χ0) is 30.7. The quantitative estimate of drug-likeness (QED) is 0.253. The molecule has 0 bridgehead atoms. The summed E-state index contributed by atoms with van der Waals surface area (Å²) < 4.78 is 10.7. The van der Waals surface area contributed by atoms with E-state index in [0.29, 0.717) is 22.6 Å². The van der Waals surface area contributed by atoms with Crippen LogP contribution < -0.4 is 15.2 Å². The number of Topliss-reactive ketones (excluding diaryl/α,β-unsaturated/α-hetero) is 2. The van der Waals surface area contributed by atoms with Gasteiger partial charge in [-0.3, -0.25) is 19.3 Å². The number of carbonyl (C=O) groups is 3. The van der Waals surface area contributed by atoms with Crippen LogP contribution in [-0.4, -0.2) is 82.8 Å². The van der Waals surface area contributed by atoms with E-state index in [0.717, 1.165) is 5.56 Å². The number of ketones is 2. The Kier molecular flexibility index (Phi) is 7.12. The van der Waals surface area contributed by atoms with Crippen molar-refractivity contribution in [3.8, 4) is 17.2 Å². The van der Waals surface area contributed by atoms with E-state index in [-0.39, 0.29) is 29.7 Å². The van der Waals surface area contributed by atoms with Gasteiger partial charge in [0.25, 0.3) is 5.91 Å². The number of aliphatic hydroxyl groups excluding tert-OH is 2. The molecule has 0 saturated heterocycles. The van der Waals surface area contributed by atoms with E-state index < -0.39 is 58.0 Å². The number of fused-ring (bicyclic) bond motifs is 3. The van der Waals surface area contributed by atoms with E-state index in [9.17, 15) is 34.8 Å². The molecule has 2 aromatic carbocycles. The number of phenols is 1. The van der Waals surface area contributed by atoms with Gasteiger partial charge in [0, 0.05) is 11.5 Å². The van der Waals surface area contributed by atoms with Crippen LogP contribution in [0.5, 0.6) is 17.2 Å². The number of aromatic hydroxyl groups is 1. The number of likely N-dealkylation sites (N-methyl/N-ethyl adjacent to an activating group) is 1. The number of nitrogens with two attached hydrogens (primary N) is 1. The maximum absolute atomic E-state index is 13.9. The Labute approximate surface area is 241 Å². The molecule has 42 heavy (non-hydrogen) atoms. The highest BCUT2D eigenvalue weighted by molar-refractivity contribution is 6.24. The monoisotopic (exact) mass is 576 g/mol. The standard InChI is InChI=1S/C31H32N2O9/c1-33(2)25-18-13-16-12-17-15(7-5-14-6-10-20(41-3)21(11-14)42-4)8-9-19(34)23(17)26(35)22(16)28(37)31(18,40)29(38)24(27(25)36)30(32)39/h5-11,16,18,25,34,36-37,40H,12-13H2,1-4H3,(H2,32,39)/b7-5+/t16-,18-,25-,31+/m1/s1. The second kappa shape index (κ2) is 10.3. The second-order valence-electron chi connectivity index (χ2n) is 10.9. The third-order valence-corrected chi connectivity index (χ3v) is 8.51. The summed E-state index contributed by atoms with van der Waals surface area (Å²) >= 11 is 0. The van der Waals surface area contributed by atoms with Gasteiger partial charge in [-0.1, -0.05) is 24.3 Å². The van der Waals surface area contributed by atoms with Crippen molar-refractivity contribution < 1.29 is 44.3 Å². The fourth-order valence-corrected chi connectivity index (χ4v) is 6.57. The molecule has 0 saturated carbocycles. The first-order valence-corrected chi connectivity index (χ1v) is 13.3. The predicted molar refractivity (Wildman–Crippen MR) is 152 cm³/mol. The molecule has 0 spiro atoms. The van der Waals surface area contributed by atoms with Crippen molar-refractivity contribution in [2.75, 3.05) is 28.3 Å². The van der Waals surface area contributed by atoms with E-state index in [1.165, 1.54) is 25.2 Å². The number of carbonyl (C=O) groups excluding carboxylic acids is 3. The van der Waals surface area contributed by atoms with Crippen molar-refractivity contribution in [3.63, 3.8) is 0 Å². The van der Waals surface area contributed by atoms with Gasteiger partial charge in [0.05, 0.1) is 25.8 Å². The van der Waals surface area contributed by atoms with Gasteiger partial charge in [-0.05, 0) is 67.7 Å². The fraction of sp³-hybridized carbons (Fsp3) is 0.323. The van der Waals surface area contributed by atoms with Crippen LogP contribution in [-0.2, 0) is 16.0 Å². The Morgan fingerprint density at radius 1 is 1.05 bits per heavy atom. The lowest BCUT2D eigenvalue weighted by Gasteiger charge is -2.50. The van der Waals surface area contributed by atoms with Crippen molar-refractivity contribution in [1.82, 2.24) is 4.90 Å². The third kappa shape index (κ3) is 4.15. The van der Waals surface area contributed by atoms with Gasteiger partial charge in [0.15, 0.2) is 22.9 Å². The number of phenolic OH excluding ortho intramolecular Hbond substituents is 1. The molecule has 11 heteroatoms. The summed E-state index contributed by atoms with van der Waals surface area (Å²) in [4.78, 5) is 40.9. The average molecular weight is 577 g/mol. The zero-order valence-corrected chi connectivity index (χ0v) is 23.5. The molecular formula is C31H32N2O9. The lowest BCUT2D eigenvalue weighted by atomic mass is 9.58. The van der Waals surface area contributed by atoms with E-state index in [2.05, 4.69) is 0 Å². The number of primary amides is 1. The first-order valence-electron chi connectivity index (χ1n) is 13.3. The van der Waals surface area contributed by atoms with E-state index in [1.807, 2.05) is 12.1 Å². The third-order valence-electron chi connectivity index (χ3n) is 8.51. The van der Waals surface area contributed by atoms with Crippen LogP contribution in [0.15, 0.2) is 53.0 Å². The molecular weight excluding hydrogens is 544 g/mol. The molecule has 0 aromatic heterocycles. The molecule has 5 rings (SSSR count). The van der Waals surface area contributed by atoms with Crippen molar-refractivity contribution >= 4 is 29.6 Å². The molecule has 3 aliphatic carbocycles. The van der Waals surface area contributed by atoms with E-state index in [1.54, 1.807) is 38.4 Å². The highest BCUT2D eigenvalue weighted by atomic mass is 16.5. The number of allylic oxidation sites excluding steroid dienone is 1. The van der Waals surface area contributed by atoms with Gasteiger partial charge < -0.3 is 35.6 Å². The van der Waals surface area contributed by atoms with Crippen LogP contribution in [0, 0.1) is 11.8 Å². The van der Waals surface area contributed by atoms with Crippen molar-refractivity contribution in [3.05, 3.63) is 75.3 Å². The number of aliphatic hydroxyl groups is 3. The summed E-state index contributed by atoms with van der Waals surface area (Å²) in [6.45, 7) is 0. The fourth-order valence-electron chi connectivity index (χ4n) is 6.57. The molecule has 0 radical (unpaired) electrons. The Morgan fingerprint density at radius 2 is 1.74 bits per heavy atom. The van der Waals surface area contributed by atoms with E-state index in [4.69, 9.17) is 15.2 Å². The van der Waals surface area contributed by atoms with Crippen LogP contribution >= 0.6 is 0 Å². The lowest BCUT2D eigenvalue weighted by Crippen LogP contribution is -2.63. The Balaban J connectivity index is 1.62. The van der Waals surface area contributed by atoms with Crippen LogP contribution in [0.25, 0.3) is 12.2 Å². The van der Waals surface area contributed by atoms with Crippen molar-refractivity contribution in [2.24, 2.45) is 17.6 Å². The van der Waals surface area contributed by atoms with Crippen LogP contribution in [0.4, 0.5) is 0 Å². The minimum atomic E-state index is -2.68. The minimum absolute atomic E-state index is 0.0141. The van der Waals surface area contributed by atoms with Gasteiger partial charge in [-0.2, -0.15) is 0 Å². The second-order valence-corrected chi connectivity index (χ2v) is 10.9. The Morgan fingerprint density at radius 3 is 2.36 bits per heavy atom. The first-order chi connectivity index (χ1) is 19.9. The largest absolute Gasteiger partial charge is 0.510 e. The van der Waals surface area contributed by atoms with Crippen molar-refractivity contribution in [1.29, 1.82) is 0 Å². The molecule has 220 valence electrons. The summed E-state index contributed by atoms with van der Waals surface area (Å²) in [6.07, 6.45) is 3.81. The number of nitrogens with zero attached hydrogens (tertiary/aromatic N) is 1. The van der Waals surface area contributed by atoms with Crippen LogP contribution in [0.1, 0.15) is 33.5 Å². The SMILES string of the molecule is COc1ccc(/C=C/c2ccc(O)c3c2C[C@@H]2C[C@@H]4[C@@H](N(C)C)C(O)=C(C(N)=O)C(=O)[C@@]4(O)C(O)=C2C3=O)cc1OC. The van der Waals surface area contributed by atoms with Gasteiger partial charge in [0.2, 0.25) is 5.78 Å². The average Bonchev–Trinajstić information content (AvgIpc) is 2.94. The molecule has 0 aliphatic heterocycles. The Bertz CT molecular complexity index is 1620. The van der Waals surface area contributed by atoms with Gasteiger partial charge in [-0.15, -0.1) is 0 Å². The van der Waals surface area contributed by atoms with Gasteiger partial charge >= 0.3 is 0 Å². The number of ether oxygens (including phenoxy) is 2. The Hall–Kier alpha value is -4.61. The molecule has 2 aromatic rings. The van der Waals surface area contributed by atoms with E-state index >= 15 is 0 Å². The highest BCUT2D eigenvalue weighted by Gasteiger charge is 2.63. The smallest absolute Gasteiger partial charge is 0.255 e. The summed E-state index contributed by atoms with van der Waals surface area (Å²) in [5, 5.41) is 44.8. The predicted octanol–water partition coefficient (Wildman–Crippen LogP) is 2.31. The summed E-state index contributed by atoms with van der Waals surface area (Å²) in [5.74, 6) is -5.74. The van der Waals surface area contributed by atoms with Gasteiger partial charge in [0.1, 0.15) is 22.8 Å². The molecule has 3 aliphatic rings. The molecule has 6 N–H and O–H groups in total. The summed E-state index contributed by atoms with van der Waals surface area (Å²) in [5.41, 5.74) is 3.57. The zero-order valence-electron chi connectivity index (χ0n) is 23.5. The number of benzene rings is 2. The molecule has 1 amide bonds. The lowest BCUT2D eigenvalue weighted by molar-refractivity contribution is -0.148. The first kappa shape index (κ1) is 28.9. The molecule has 11 nitrogen and oxygen atoms in total. The summed E-state index contributed by atoms with van der Waals surface area (Å²) in [7, 11) is 6.24. The van der Waals surface area contributed by atoms with Gasteiger partial charge in [-0.25, -0.2) is 0 Å². The minimum Gasteiger partial charge on any atom is -0.510 e. The molecule has 0 unspecified atom stereocenters. The van der Waals surface area contributed by atoms with Crippen LogP contribution in [0.2, 0.25) is 0 Å².